The average molecular weight is 1500 g/mol. The highest BCUT2D eigenvalue weighted by Gasteiger charge is 2.54. The summed E-state index contributed by atoms with van der Waals surface area (Å²) < 4.78 is 34.5. The number of carbonyl (C=O) groups is 1. The van der Waals surface area contributed by atoms with Crippen molar-refractivity contribution in [3.63, 3.8) is 0 Å². The van der Waals surface area contributed by atoms with E-state index in [2.05, 4.69) is 43.5 Å². The second-order valence-corrected chi connectivity index (χ2v) is 31.4. The SMILES string of the molecule is CCCCCCC/C=C\C/C=C\CCCCCCCCCCCCCCCCCCCCCCCC(=O)NC(COC1OC(CO)C(OC2OC(CO)C(OC3OC(CO)C(O)C(O)C3O)C(O)C2O)C(O)C1O)C(O)/C=C/CCCCCCCCCCCCCCCCCCCCCCCCCCC. The minimum absolute atomic E-state index is 0.248. The number of rotatable bonds is 71. The number of aliphatic hydroxyl groups excluding tert-OH is 11. The number of amides is 1. The number of nitrogens with one attached hydrogen (secondary N) is 1. The minimum Gasteiger partial charge on any atom is -0.394 e. The van der Waals surface area contributed by atoms with Gasteiger partial charge in [-0.2, -0.15) is 0 Å². The first-order valence-corrected chi connectivity index (χ1v) is 43.7. The van der Waals surface area contributed by atoms with Crippen LogP contribution in [0, 0.1) is 0 Å². The van der Waals surface area contributed by atoms with Crippen LogP contribution in [0.1, 0.15) is 373 Å². The standard InChI is InChI=1S/C86H161NO18/c1-3-5-7-9-11-13-15-17-19-21-23-25-27-29-31-32-33-34-35-36-38-40-42-44-46-48-50-52-54-56-58-60-62-64-74(92)87-69(70(91)63-61-59-57-55-53-51-49-47-45-43-41-39-37-30-28-26-24-22-20-18-16-14-12-10-8-6-4-2)68-100-84-80(98)77(95)82(72(66-89)102-84)105-86-81(99)78(96)83(73(67-90)103-86)104-85-79(97)76(94)75(93)71(65-88)101-85/h15,17,21,23,61,63,69-73,75-86,88-91,93-99H,3-14,16,18-20,22,24-60,62,64-68H2,1-2H3,(H,87,92)/b17-15-,23-21-,63-61+. The van der Waals surface area contributed by atoms with Crippen molar-refractivity contribution in [3.8, 4) is 0 Å². The number of hydrogen-bond acceptors (Lipinski definition) is 18. The molecule has 3 fully saturated rings. The third kappa shape index (κ3) is 46.0. The molecule has 0 aromatic rings. The van der Waals surface area contributed by atoms with E-state index in [9.17, 15) is 61.0 Å². The van der Waals surface area contributed by atoms with Gasteiger partial charge in [0.2, 0.25) is 5.91 Å². The first-order chi connectivity index (χ1) is 51.3. The first kappa shape index (κ1) is 97.2. The minimum atomic E-state index is -1.98. The summed E-state index contributed by atoms with van der Waals surface area (Å²) in [6.45, 7) is 1.79. The fourth-order valence-electron chi connectivity index (χ4n) is 14.9. The van der Waals surface area contributed by atoms with Gasteiger partial charge in [-0.3, -0.25) is 4.79 Å². The van der Waals surface area contributed by atoms with Gasteiger partial charge in [0.1, 0.15) is 73.2 Å². The van der Waals surface area contributed by atoms with Gasteiger partial charge in [-0.1, -0.05) is 352 Å². The lowest BCUT2D eigenvalue weighted by Crippen LogP contribution is -2.66. The molecular weight excluding hydrogens is 1330 g/mol. The summed E-state index contributed by atoms with van der Waals surface area (Å²) in [7, 11) is 0. The van der Waals surface area contributed by atoms with Crippen LogP contribution in [0.25, 0.3) is 0 Å². The Balaban J connectivity index is 1.34. The number of ether oxygens (including phenoxy) is 6. The topological polar surface area (TPSA) is 307 Å². The predicted octanol–water partition coefficient (Wildman–Crippen LogP) is 15.9. The molecule has 3 rings (SSSR count). The fourth-order valence-corrected chi connectivity index (χ4v) is 14.9. The molecule has 1 amide bonds. The van der Waals surface area contributed by atoms with Crippen molar-refractivity contribution in [2.45, 2.75) is 478 Å². The Morgan fingerprint density at radius 1 is 0.343 bits per heavy atom. The van der Waals surface area contributed by atoms with E-state index in [1.165, 1.54) is 295 Å². The summed E-state index contributed by atoms with van der Waals surface area (Å²) >= 11 is 0. The van der Waals surface area contributed by atoms with Gasteiger partial charge < -0.3 is 89.9 Å². The summed E-state index contributed by atoms with van der Waals surface area (Å²) in [5.74, 6) is -0.268. The van der Waals surface area contributed by atoms with Gasteiger partial charge >= 0.3 is 0 Å². The molecule has 0 saturated carbocycles. The summed E-state index contributed by atoms with van der Waals surface area (Å²) in [5.41, 5.74) is 0. The first-order valence-electron chi connectivity index (χ1n) is 43.7. The number of unbranched alkanes of at least 4 members (excludes halogenated alkanes) is 51. The molecule has 3 saturated heterocycles. The number of aliphatic hydroxyl groups is 11. The molecule has 0 bridgehead atoms. The van der Waals surface area contributed by atoms with E-state index in [0.29, 0.717) is 6.42 Å². The van der Waals surface area contributed by atoms with Crippen LogP contribution < -0.4 is 5.32 Å². The predicted molar refractivity (Wildman–Crippen MR) is 420 cm³/mol. The second kappa shape index (κ2) is 66.6. The van der Waals surface area contributed by atoms with Crippen LogP contribution in [0.5, 0.6) is 0 Å². The van der Waals surface area contributed by atoms with Crippen molar-refractivity contribution in [3.05, 3.63) is 36.5 Å². The van der Waals surface area contributed by atoms with Crippen LogP contribution in [0.15, 0.2) is 36.5 Å². The maximum Gasteiger partial charge on any atom is 0.220 e. The summed E-state index contributed by atoms with van der Waals surface area (Å²) in [5, 5.41) is 121. The fraction of sp³-hybridized carbons (Fsp3) is 0.919. The van der Waals surface area contributed by atoms with Gasteiger partial charge in [-0.25, -0.2) is 0 Å². The maximum absolute atomic E-state index is 13.5. The molecule has 3 heterocycles. The zero-order chi connectivity index (χ0) is 76.0. The van der Waals surface area contributed by atoms with E-state index in [4.69, 9.17) is 28.4 Å². The Bertz CT molecular complexity index is 2030. The molecule has 0 spiro atoms. The van der Waals surface area contributed by atoms with Gasteiger partial charge in [0, 0.05) is 6.42 Å². The van der Waals surface area contributed by atoms with E-state index in [0.717, 1.165) is 51.4 Å². The largest absolute Gasteiger partial charge is 0.394 e. The number of hydrogen-bond donors (Lipinski definition) is 12. The van der Waals surface area contributed by atoms with Crippen molar-refractivity contribution >= 4 is 5.91 Å². The molecule has 12 N–H and O–H groups in total. The zero-order valence-corrected chi connectivity index (χ0v) is 66.5. The third-order valence-electron chi connectivity index (χ3n) is 21.9. The molecular formula is C86H161NO18. The van der Waals surface area contributed by atoms with Crippen molar-refractivity contribution in [1.29, 1.82) is 0 Å². The zero-order valence-electron chi connectivity index (χ0n) is 66.5. The highest BCUT2D eigenvalue weighted by molar-refractivity contribution is 5.76. The van der Waals surface area contributed by atoms with Gasteiger partial charge in [-0.15, -0.1) is 0 Å². The molecule has 0 aromatic carbocycles. The normalized spacial score (nSPS) is 25.9. The lowest BCUT2D eigenvalue weighted by molar-refractivity contribution is -0.379. The quantitative estimate of drug-likeness (QED) is 0.0199. The molecule has 0 radical (unpaired) electrons. The maximum atomic E-state index is 13.5. The highest BCUT2D eigenvalue weighted by Crippen LogP contribution is 2.33. The summed E-state index contributed by atoms with van der Waals surface area (Å²) in [6.07, 6.45) is 57.1. The Labute approximate surface area is 638 Å². The Kier molecular flexibility index (Phi) is 61.7. The molecule has 0 aliphatic carbocycles. The van der Waals surface area contributed by atoms with Crippen LogP contribution in [0.4, 0.5) is 0 Å². The van der Waals surface area contributed by atoms with Crippen LogP contribution in [-0.2, 0) is 33.2 Å². The van der Waals surface area contributed by atoms with Crippen molar-refractivity contribution < 1.29 is 89.4 Å². The molecule has 19 nitrogen and oxygen atoms in total. The van der Waals surface area contributed by atoms with Crippen LogP contribution in [-0.4, -0.2) is 193 Å². The van der Waals surface area contributed by atoms with E-state index in [1.54, 1.807) is 6.08 Å². The Hall–Kier alpha value is -1.99. The molecule has 105 heavy (non-hydrogen) atoms. The number of allylic oxidation sites excluding steroid dienone is 5. The summed E-state index contributed by atoms with van der Waals surface area (Å²) in [6, 6.07) is -0.973. The van der Waals surface area contributed by atoms with Crippen molar-refractivity contribution in [2.75, 3.05) is 26.4 Å². The van der Waals surface area contributed by atoms with Crippen molar-refractivity contribution in [1.82, 2.24) is 5.32 Å². The average Bonchev–Trinajstić information content (AvgIpc) is 0.780. The van der Waals surface area contributed by atoms with E-state index < -0.39 is 124 Å². The second-order valence-electron chi connectivity index (χ2n) is 31.4. The number of carbonyl (C=O) groups excluding carboxylic acids is 1. The van der Waals surface area contributed by atoms with Gasteiger partial charge in [0.25, 0.3) is 0 Å². The molecule has 3 aliphatic rings. The van der Waals surface area contributed by atoms with Crippen LogP contribution in [0.2, 0.25) is 0 Å². The molecule has 618 valence electrons. The Morgan fingerprint density at radius 3 is 0.971 bits per heavy atom. The van der Waals surface area contributed by atoms with Crippen LogP contribution in [0.3, 0.4) is 0 Å². The van der Waals surface area contributed by atoms with Gasteiger partial charge in [-0.05, 0) is 51.4 Å². The van der Waals surface area contributed by atoms with Gasteiger partial charge in [0.05, 0.1) is 38.6 Å². The molecule has 19 heteroatoms. The molecule has 3 aliphatic heterocycles. The molecule has 17 atom stereocenters. The monoisotopic (exact) mass is 1500 g/mol. The van der Waals surface area contributed by atoms with Gasteiger partial charge in [0.15, 0.2) is 18.9 Å². The van der Waals surface area contributed by atoms with E-state index >= 15 is 0 Å². The molecule has 0 aromatic heterocycles. The third-order valence-corrected chi connectivity index (χ3v) is 21.9. The summed E-state index contributed by atoms with van der Waals surface area (Å²) in [4.78, 5) is 13.5. The highest BCUT2D eigenvalue weighted by atomic mass is 16.8. The lowest BCUT2D eigenvalue weighted by Gasteiger charge is -2.48. The van der Waals surface area contributed by atoms with Crippen LogP contribution >= 0.6 is 0 Å². The smallest absolute Gasteiger partial charge is 0.220 e. The van der Waals surface area contributed by atoms with Crippen molar-refractivity contribution in [2.24, 2.45) is 0 Å². The van der Waals surface area contributed by atoms with E-state index in [-0.39, 0.29) is 18.9 Å². The molecule has 17 unspecified atom stereocenters. The van der Waals surface area contributed by atoms with E-state index in [1.807, 2.05) is 6.08 Å². The lowest BCUT2D eigenvalue weighted by atomic mass is 9.96. The Morgan fingerprint density at radius 2 is 0.629 bits per heavy atom.